The van der Waals surface area contributed by atoms with Crippen LogP contribution in [0.5, 0.6) is 0 Å². The van der Waals surface area contributed by atoms with Gasteiger partial charge in [0.15, 0.2) is 5.84 Å². The zero-order chi connectivity index (χ0) is 13.1. The number of rotatable bonds is 3. The zero-order valence-electron chi connectivity index (χ0n) is 9.97. The average molecular weight is 270 g/mol. The lowest BCUT2D eigenvalue weighted by Gasteiger charge is -2.14. The van der Waals surface area contributed by atoms with E-state index in [1.807, 2.05) is 6.92 Å². The molecule has 2 atom stereocenters. The Kier molecular flexibility index (Phi) is 4.08. The van der Waals surface area contributed by atoms with Crippen molar-refractivity contribution in [3.8, 4) is 0 Å². The first-order chi connectivity index (χ1) is 8.61. The van der Waals surface area contributed by atoms with Gasteiger partial charge >= 0.3 is 0 Å². The summed E-state index contributed by atoms with van der Waals surface area (Å²) in [6, 6.07) is 4.57. The fourth-order valence-electron chi connectivity index (χ4n) is 1.84. The summed E-state index contributed by atoms with van der Waals surface area (Å²) < 4.78 is 19.3. The number of thioether (sulfide) groups is 1. The van der Waals surface area contributed by atoms with Crippen molar-refractivity contribution in [2.75, 3.05) is 6.61 Å². The molecule has 1 aromatic carbocycles. The Hall–Kier alpha value is -1.27. The van der Waals surface area contributed by atoms with Crippen molar-refractivity contribution in [2.45, 2.75) is 29.6 Å². The van der Waals surface area contributed by atoms with Crippen molar-refractivity contribution >= 4 is 17.6 Å². The van der Waals surface area contributed by atoms with Crippen LogP contribution < -0.4 is 5.73 Å². The fraction of sp³-hybridized carbons (Fsp3) is 0.417. The molecule has 0 saturated carbocycles. The van der Waals surface area contributed by atoms with Gasteiger partial charge in [-0.15, -0.1) is 11.8 Å². The summed E-state index contributed by atoms with van der Waals surface area (Å²) in [6.07, 6.45) is 1.06. The molecule has 0 spiro atoms. The number of hydrogen-bond donors (Lipinski definition) is 2. The highest BCUT2D eigenvalue weighted by molar-refractivity contribution is 8.00. The van der Waals surface area contributed by atoms with E-state index >= 15 is 0 Å². The van der Waals surface area contributed by atoms with Gasteiger partial charge in [-0.2, -0.15) is 0 Å². The quantitative estimate of drug-likeness (QED) is 0.382. The van der Waals surface area contributed by atoms with E-state index in [1.165, 1.54) is 17.8 Å². The molecule has 1 aromatic rings. The average Bonchev–Trinajstić information content (AvgIpc) is 2.76. The van der Waals surface area contributed by atoms with Crippen molar-refractivity contribution in [2.24, 2.45) is 10.9 Å². The van der Waals surface area contributed by atoms with Gasteiger partial charge in [-0.05, 0) is 31.5 Å². The molecule has 4 nitrogen and oxygen atoms in total. The number of hydrogen-bond acceptors (Lipinski definition) is 4. The highest BCUT2D eigenvalue weighted by atomic mass is 32.2. The van der Waals surface area contributed by atoms with Crippen molar-refractivity contribution in [1.82, 2.24) is 0 Å². The van der Waals surface area contributed by atoms with Crippen LogP contribution in [0.2, 0.25) is 0 Å². The topological polar surface area (TPSA) is 67.8 Å². The number of ether oxygens (including phenoxy) is 1. The predicted octanol–water partition coefficient (Wildman–Crippen LogP) is 2.19. The molecule has 1 aliphatic heterocycles. The Morgan fingerprint density at radius 1 is 1.61 bits per heavy atom. The highest BCUT2D eigenvalue weighted by Gasteiger charge is 2.26. The number of halogens is 1. The molecule has 98 valence electrons. The molecule has 3 N–H and O–H groups in total. The number of oxime groups is 1. The van der Waals surface area contributed by atoms with E-state index in [2.05, 4.69) is 5.16 Å². The number of nitrogens with two attached hydrogens (primary N) is 1. The van der Waals surface area contributed by atoms with E-state index < -0.39 is 0 Å². The second-order valence-electron chi connectivity index (χ2n) is 4.15. The summed E-state index contributed by atoms with van der Waals surface area (Å²) in [5.74, 6) is -0.453. The third kappa shape index (κ3) is 2.76. The van der Waals surface area contributed by atoms with Gasteiger partial charge in [0.25, 0.3) is 0 Å². The first kappa shape index (κ1) is 13.2. The molecule has 2 rings (SSSR count). The van der Waals surface area contributed by atoms with Crippen molar-refractivity contribution in [3.05, 3.63) is 29.6 Å². The molecule has 1 fully saturated rings. The molecule has 6 heteroatoms. The fourth-order valence-corrected chi connectivity index (χ4v) is 2.97. The lowest BCUT2D eigenvalue weighted by molar-refractivity contribution is 0.127. The maximum Gasteiger partial charge on any atom is 0.170 e. The van der Waals surface area contributed by atoms with Crippen LogP contribution in [0.25, 0.3) is 0 Å². The molecule has 0 bridgehead atoms. The summed E-state index contributed by atoms with van der Waals surface area (Å²) in [4.78, 5) is 0.562. The monoisotopic (exact) mass is 270 g/mol. The van der Waals surface area contributed by atoms with Crippen LogP contribution in [0.4, 0.5) is 4.39 Å². The maximum atomic E-state index is 13.9. The molecule has 0 radical (unpaired) electrons. The summed E-state index contributed by atoms with van der Waals surface area (Å²) >= 11 is 1.47. The maximum absolute atomic E-state index is 13.9. The molecular formula is C12H15FN2O2S. The first-order valence-corrected chi connectivity index (χ1v) is 6.55. The normalized spacial score (nSPS) is 24.4. The molecule has 0 aromatic heterocycles. The van der Waals surface area contributed by atoms with E-state index in [0.29, 0.717) is 10.5 Å². The first-order valence-electron chi connectivity index (χ1n) is 5.67. The molecule has 0 aliphatic carbocycles. The van der Waals surface area contributed by atoms with Crippen LogP contribution in [-0.2, 0) is 4.74 Å². The summed E-state index contributed by atoms with van der Waals surface area (Å²) in [5, 5.41) is 11.6. The third-order valence-electron chi connectivity index (χ3n) is 2.92. The number of amidine groups is 1. The minimum absolute atomic E-state index is 0.0944. The van der Waals surface area contributed by atoms with Crippen LogP contribution in [0.3, 0.4) is 0 Å². The molecule has 1 saturated heterocycles. The molecule has 1 heterocycles. The molecular weight excluding hydrogens is 255 g/mol. The van der Waals surface area contributed by atoms with Gasteiger partial charge in [-0.3, -0.25) is 0 Å². The van der Waals surface area contributed by atoms with E-state index in [4.69, 9.17) is 15.7 Å². The van der Waals surface area contributed by atoms with Crippen molar-refractivity contribution < 1.29 is 14.3 Å². The minimum atomic E-state index is -0.358. The molecule has 1 aliphatic rings. The largest absolute Gasteiger partial charge is 0.409 e. The van der Waals surface area contributed by atoms with Gasteiger partial charge in [-0.1, -0.05) is 5.16 Å². The zero-order valence-corrected chi connectivity index (χ0v) is 10.8. The predicted molar refractivity (Wildman–Crippen MR) is 68.6 cm³/mol. The number of benzene rings is 1. The van der Waals surface area contributed by atoms with Gasteiger partial charge in [0.2, 0.25) is 0 Å². The van der Waals surface area contributed by atoms with Gasteiger partial charge in [0, 0.05) is 22.3 Å². The second-order valence-corrected chi connectivity index (χ2v) is 5.43. The third-order valence-corrected chi connectivity index (χ3v) is 4.43. The Morgan fingerprint density at radius 3 is 2.94 bits per heavy atom. The SMILES string of the molecule is CC1OCCC1Sc1ccc(/C(N)=N/O)cc1F. The molecule has 0 amide bonds. The minimum Gasteiger partial charge on any atom is -0.409 e. The Balaban J connectivity index is 2.15. The van der Waals surface area contributed by atoms with Gasteiger partial charge in [-0.25, -0.2) is 4.39 Å². The standard InChI is InChI=1S/C12H15FN2O2S/c1-7-10(4-5-17-7)18-11-3-2-8(6-9(11)13)12(14)15-16/h2-3,6-7,10,16H,4-5H2,1H3,(H2,14,15). The Morgan fingerprint density at radius 2 is 2.39 bits per heavy atom. The lowest BCUT2D eigenvalue weighted by Crippen LogP contribution is -2.15. The Bertz CT molecular complexity index is 467. The summed E-state index contributed by atoms with van der Waals surface area (Å²) in [6.45, 7) is 2.72. The van der Waals surface area contributed by atoms with Gasteiger partial charge in [0.1, 0.15) is 5.82 Å². The highest BCUT2D eigenvalue weighted by Crippen LogP contribution is 2.34. The van der Waals surface area contributed by atoms with Crippen molar-refractivity contribution in [1.29, 1.82) is 0 Å². The van der Waals surface area contributed by atoms with E-state index in [9.17, 15) is 4.39 Å². The molecule has 2 unspecified atom stereocenters. The number of nitrogens with zero attached hydrogens (tertiary/aromatic N) is 1. The molecule has 18 heavy (non-hydrogen) atoms. The van der Waals surface area contributed by atoms with Crippen LogP contribution in [0.1, 0.15) is 18.9 Å². The van der Waals surface area contributed by atoms with Crippen molar-refractivity contribution in [3.63, 3.8) is 0 Å². The smallest absolute Gasteiger partial charge is 0.170 e. The van der Waals surface area contributed by atoms with Gasteiger partial charge < -0.3 is 15.7 Å². The second kappa shape index (κ2) is 5.58. The van der Waals surface area contributed by atoms with Gasteiger partial charge in [0.05, 0.1) is 6.10 Å². The summed E-state index contributed by atoms with van der Waals surface area (Å²) in [5.41, 5.74) is 5.78. The van der Waals surface area contributed by atoms with E-state index in [1.54, 1.807) is 12.1 Å². The lowest BCUT2D eigenvalue weighted by atomic mass is 10.2. The Labute approximate surface area is 109 Å². The van der Waals surface area contributed by atoms with E-state index in [-0.39, 0.29) is 23.0 Å². The van der Waals surface area contributed by atoms with Crippen LogP contribution in [0, 0.1) is 5.82 Å². The summed E-state index contributed by atoms with van der Waals surface area (Å²) in [7, 11) is 0. The van der Waals surface area contributed by atoms with E-state index in [0.717, 1.165) is 13.0 Å². The van der Waals surface area contributed by atoms with Crippen LogP contribution in [-0.4, -0.2) is 29.0 Å². The van der Waals surface area contributed by atoms with Crippen LogP contribution >= 0.6 is 11.8 Å². The van der Waals surface area contributed by atoms with Crippen LogP contribution in [0.15, 0.2) is 28.3 Å².